The van der Waals surface area contributed by atoms with Gasteiger partial charge in [0, 0.05) is 47.4 Å². The van der Waals surface area contributed by atoms with Gasteiger partial charge in [-0.3, -0.25) is 25.2 Å². The van der Waals surface area contributed by atoms with E-state index < -0.39 is 9.85 Å². The van der Waals surface area contributed by atoms with Gasteiger partial charge in [-0.1, -0.05) is 0 Å². The maximum absolute atomic E-state index is 11.0. The molecule has 31 heavy (non-hydrogen) atoms. The van der Waals surface area contributed by atoms with E-state index >= 15 is 0 Å². The molecule has 2 N–H and O–H groups in total. The summed E-state index contributed by atoms with van der Waals surface area (Å²) < 4.78 is 5.95. The number of rotatable bonds is 8. The highest BCUT2D eigenvalue weighted by atomic mass is 16.6. The number of hydrogen-bond donors (Lipinski definition) is 1. The first-order valence-corrected chi connectivity index (χ1v) is 9.73. The lowest BCUT2D eigenvalue weighted by Gasteiger charge is -2.16. The van der Waals surface area contributed by atoms with Gasteiger partial charge in [0.05, 0.1) is 28.3 Å². The molecule has 9 heteroatoms. The minimum Gasteiger partial charge on any atom is -0.491 e. The molecule has 1 aliphatic carbocycles. The molecule has 0 aliphatic heterocycles. The Hall–Kier alpha value is -3.85. The van der Waals surface area contributed by atoms with Crippen molar-refractivity contribution < 1.29 is 14.6 Å². The summed E-state index contributed by atoms with van der Waals surface area (Å²) in [6.07, 6.45) is 3.68. The van der Waals surface area contributed by atoms with Crippen LogP contribution in [-0.2, 0) is 0 Å². The number of nitro benzene ring substituents is 2. The Labute approximate surface area is 177 Å². The Morgan fingerprint density at radius 1 is 0.935 bits per heavy atom. The molecule has 1 aliphatic rings. The molecule has 0 bridgehead atoms. The van der Waals surface area contributed by atoms with Crippen molar-refractivity contribution in [3.63, 3.8) is 0 Å². The van der Waals surface area contributed by atoms with Crippen LogP contribution in [0.15, 0.2) is 60.8 Å². The van der Waals surface area contributed by atoms with Gasteiger partial charge in [-0.25, -0.2) is 0 Å². The van der Waals surface area contributed by atoms with Gasteiger partial charge < -0.3 is 10.5 Å². The molecule has 1 heterocycles. The molecule has 158 valence electrons. The first-order chi connectivity index (χ1) is 14.9. The fraction of sp³-hybridized carbons (Fsp3) is 0.227. The van der Waals surface area contributed by atoms with Gasteiger partial charge in [-0.2, -0.15) is 0 Å². The normalized spacial score (nSPS) is 14.1. The van der Waals surface area contributed by atoms with Gasteiger partial charge in [-0.15, -0.1) is 0 Å². The smallest absolute Gasteiger partial charge is 0.269 e. The number of nitrogens with two attached hydrogens (primary N) is 1. The second-order valence-corrected chi connectivity index (χ2v) is 7.67. The topological polar surface area (TPSA) is 134 Å². The number of benzene rings is 2. The number of ether oxygens (including phenoxy) is 1. The third kappa shape index (κ3) is 4.36. The first-order valence-electron chi connectivity index (χ1n) is 9.73. The van der Waals surface area contributed by atoms with Crippen LogP contribution in [0.1, 0.15) is 12.8 Å². The lowest BCUT2D eigenvalue weighted by atomic mass is 9.98. The first kappa shape index (κ1) is 20.4. The molecule has 0 saturated heterocycles. The van der Waals surface area contributed by atoms with Crippen molar-refractivity contribution in [2.75, 3.05) is 13.2 Å². The minimum atomic E-state index is -0.462. The van der Waals surface area contributed by atoms with Crippen molar-refractivity contribution in [1.82, 2.24) is 4.98 Å². The summed E-state index contributed by atoms with van der Waals surface area (Å²) in [6.45, 7) is 1.07. The zero-order valence-electron chi connectivity index (χ0n) is 16.6. The Kier molecular flexibility index (Phi) is 5.35. The maximum atomic E-state index is 11.0. The molecular weight excluding hydrogens is 400 g/mol. The molecule has 3 aromatic rings. The summed E-state index contributed by atoms with van der Waals surface area (Å²) >= 11 is 0. The average Bonchev–Trinajstić information content (AvgIpc) is 3.58. The molecular formula is C22H20N4O5. The maximum Gasteiger partial charge on any atom is 0.269 e. The fourth-order valence-corrected chi connectivity index (χ4v) is 3.30. The SMILES string of the molecule is NCC1(COc2cnc(-c3ccc([N+](=O)[O-])cc3)c(-c3ccc([N+](=O)[O-])cc3)c2)CC1. The van der Waals surface area contributed by atoms with Crippen LogP contribution in [-0.4, -0.2) is 28.0 Å². The van der Waals surface area contributed by atoms with Gasteiger partial charge >= 0.3 is 0 Å². The number of nitro groups is 2. The zero-order valence-corrected chi connectivity index (χ0v) is 16.6. The molecule has 2 aromatic carbocycles. The Balaban J connectivity index is 1.72. The van der Waals surface area contributed by atoms with Gasteiger partial charge in [0.25, 0.3) is 11.4 Å². The van der Waals surface area contributed by atoms with Crippen LogP contribution >= 0.6 is 0 Å². The van der Waals surface area contributed by atoms with Crippen molar-refractivity contribution in [2.45, 2.75) is 12.8 Å². The summed E-state index contributed by atoms with van der Waals surface area (Å²) in [4.78, 5) is 25.6. The number of pyridine rings is 1. The van der Waals surface area contributed by atoms with Crippen LogP contribution in [0.3, 0.4) is 0 Å². The molecule has 0 spiro atoms. The summed E-state index contributed by atoms with van der Waals surface area (Å²) in [5.41, 5.74) is 8.54. The van der Waals surface area contributed by atoms with Crippen LogP contribution in [0.2, 0.25) is 0 Å². The van der Waals surface area contributed by atoms with Crippen molar-refractivity contribution in [1.29, 1.82) is 0 Å². The van der Waals surface area contributed by atoms with Gasteiger partial charge in [0.15, 0.2) is 0 Å². The summed E-state index contributed by atoms with van der Waals surface area (Å²) in [5.74, 6) is 0.568. The highest BCUT2D eigenvalue weighted by Gasteiger charge is 2.42. The molecule has 0 amide bonds. The fourth-order valence-electron chi connectivity index (χ4n) is 3.30. The quantitative estimate of drug-likeness (QED) is 0.423. The number of non-ortho nitro benzene ring substituents is 2. The van der Waals surface area contributed by atoms with Crippen molar-refractivity contribution in [3.8, 4) is 28.1 Å². The van der Waals surface area contributed by atoms with Crippen molar-refractivity contribution in [2.24, 2.45) is 11.1 Å². The van der Waals surface area contributed by atoms with E-state index in [9.17, 15) is 20.2 Å². The molecule has 0 radical (unpaired) electrons. The van der Waals surface area contributed by atoms with Gasteiger partial charge in [0.2, 0.25) is 0 Å². The summed E-state index contributed by atoms with van der Waals surface area (Å²) in [6, 6.07) is 14.1. The van der Waals surface area contributed by atoms with Crippen LogP contribution in [0.5, 0.6) is 5.75 Å². The van der Waals surface area contributed by atoms with E-state index in [1.54, 1.807) is 30.5 Å². The lowest BCUT2D eigenvalue weighted by molar-refractivity contribution is -0.385. The van der Waals surface area contributed by atoms with Crippen molar-refractivity contribution >= 4 is 11.4 Å². The number of nitrogens with zero attached hydrogens (tertiary/aromatic N) is 3. The molecule has 1 saturated carbocycles. The summed E-state index contributed by atoms with van der Waals surface area (Å²) in [5, 5.41) is 22.0. The summed E-state index contributed by atoms with van der Waals surface area (Å²) in [7, 11) is 0. The zero-order chi connectivity index (χ0) is 22.0. The van der Waals surface area contributed by atoms with Crippen molar-refractivity contribution in [3.05, 3.63) is 81.0 Å². The minimum absolute atomic E-state index is 0.0142. The highest BCUT2D eigenvalue weighted by Crippen LogP contribution is 2.45. The van der Waals surface area contributed by atoms with E-state index in [0.717, 1.165) is 18.4 Å². The molecule has 1 fully saturated rings. The second-order valence-electron chi connectivity index (χ2n) is 7.67. The molecule has 0 unspecified atom stereocenters. The Morgan fingerprint density at radius 2 is 1.48 bits per heavy atom. The highest BCUT2D eigenvalue weighted by molar-refractivity contribution is 5.82. The van der Waals surface area contributed by atoms with E-state index in [0.29, 0.717) is 35.7 Å². The molecule has 4 rings (SSSR count). The van der Waals surface area contributed by atoms with Crippen LogP contribution < -0.4 is 10.5 Å². The molecule has 0 atom stereocenters. The third-order valence-electron chi connectivity index (χ3n) is 5.54. The van der Waals surface area contributed by atoms with E-state index in [-0.39, 0.29) is 16.8 Å². The van der Waals surface area contributed by atoms with Crippen LogP contribution in [0.25, 0.3) is 22.4 Å². The monoisotopic (exact) mass is 420 g/mol. The third-order valence-corrected chi connectivity index (χ3v) is 5.54. The molecule has 1 aromatic heterocycles. The van der Waals surface area contributed by atoms with Crippen LogP contribution in [0, 0.1) is 25.6 Å². The van der Waals surface area contributed by atoms with E-state index in [4.69, 9.17) is 10.5 Å². The van der Waals surface area contributed by atoms with Gasteiger partial charge in [0.1, 0.15) is 5.75 Å². The van der Waals surface area contributed by atoms with Crippen LogP contribution in [0.4, 0.5) is 11.4 Å². The standard InChI is InChI=1S/C22H20N4O5/c23-13-22(9-10-22)14-31-19-11-20(15-1-5-17(6-2-15)25(27)28)21(24-12-19)16-3-7-18(8-4-16)26(29)30/h1-8,11-12H,9-10,13-14,23H2. The van der Waals surface area contributed by atoms with Gasteiger partial charge in [-0.05, 0) is 48.7 Å². The largest absolute Gasteiger partial charge is 0.491 e. The lowest BCUT2D eigenvalue weighted by Crippen LogP contribution is -2.22. The predicted octanol–water partition coefficient (Wildman–Crippen LogP) is 4.35. The number of hydrogen-bond acceptors (Lipinski definition) is 7. The van der Waals surface area contributed by atoms with E-state index in [1.165, 1.54) is 24.3 Å². The predicted molar refractivity (Wildman–Crippen MR) is 115 cm³/mol. The van der Waals surface area contributed by atoms with E-state index in [2.05, 4.69) is 4.98 Å². The van der Waals surface area contributed by atoms with E-state index in [1.807, 2.05) is 6.07 Å². The Morgan fingerprint density at radius 3 is 1.97 bits per heavy atom. The number of aromatic nitrogens is 1. The molecule has 9 nitrogen and oxygen atoms in total. The second kappa shape index (κ2) is 8.11. The Bertz CT molecular complexity index is 1130. The average molecular weight is 420 g/mol.